The molecular weight excluding hydrogens is 501 g/mol. The monoisotopic (exact) mass is 528 g/mol. The van der Waals surface area contributed by atoms with Crippen molar-refractivity contribution in [2.45, 2.75) is 24.9 Å². The standard InChI is InChI=1S/C26H27F3N6O3/c27-26(28,29)21-16-31-24(33-23(21)18(15-22(30)36)14-17-4-2-1-3-5-17)32-19-6-8-20(9-7-19)34-10-12-35(13-11-34)25(37)38/h1-9,16,18H,10-15H2,(H2,30,36)(H,37,38)(H,31,32,33). The maximum atomic E-state index is 13.9. The molecule has 0 saturated carbocycles. The van der Waals surface area contributed by atoms with Gasteiger partial charge in [0, 0.05) is 56.1 Å². The zero-order valence-corrected chi connectivity index (χ0v) is 20.4. The van der Waals surface area contributed by atoms with Crippen molar-refractivity contribution >= 4 is 29.3 Å². The van der Waals surface area contributed by atoms with Gasteiger partial charge in [0.2, 0.25) is 11.9 Å². The van der Waals surface area contributed by atoms with Crippen LogP contribution in [-0.4, -0.2) is 58.2 Å². The molecule has 4 rings (SSSR count). The molecule has 38 heavy (non-hydrogen) atoms. The van der Waals surface area contributed by atoms with Gasteiger partial charge in [-0.2, -0.15) is 13.2 Å². The van der Waals surface area contributed by atoms with Crippen LogP contribution in [0.3, 0.4) is 0 Å². The zero-order chi connectivity index (χ0) is 27.3. The Balaban J connectivity index is 1.56. The topological polar surface area (TPSA) is 125 Å². The highest BCUT2D eigenvalue weighted by atomic mass is 19.4. The number of benzene rings is 2. The van der Waals surface area contributed by atoms with Crippen molar-refractivity contribution in [3.63, 3.8) is 0 Å². The number of carbonyl (C=O) groups excluding carboxylic acids is 1. The molecule has 3 aromatic rings. The number of halogens is 3. The summed E-state index contributed by atoms with van der Waals surface area (Å²) in [5, 5.41) is 12.0. The van der Waals surface area contributed by atoms with Crippen LogP contribution < -0.4 is 16.0 Å². The quantitative estimate of drug-likeness (QED) is 0.399. The van der Waals surface area contributed by atoms with E-state index in [1.165, 1.54) is 4.90 Å². The largest absolute Gasteiger partial charge is 0.465 e. The fourth-order valence-electron chi connectivity index (χ4n) is 4.43. The van der Waals surface area contributed by atoms with Crippen LogP contribution in [0.1, 0.15) is 29.2 Å². The number of piperazine rings is 1. The molecule has 2 aromatic carbocycles. The Morgan fingerprint density at radius 2 is 1.68 bits per heavy atom. The molecule has 1 saturated heterocycles. The van der Waals surface area contributed by atoms with E-state index in [1.807, 2.05) is 17.0 Å². The lowest BCUT2D eigenvalue weighted by atomic mass is 9.90. The third kappa shape index (κ3) is 6.69. The van der Waals surface area contributed by atoms with Gasteiger partial charge in [-0.05, 0) is 36.2 Å². The number of amides is 2. The molecule has 0 spiro atoms. The number of primary amides is 1. The molecule has 1 aliphatic rings. The first kappa shape index (κ1) is 26.7. The summed E-state index contributed by atoms with van der Waals surface area (Å²) in [6.45, 7) is 1.89. The van der Waals surface area contributed by atoms with Crippen molar-refractivity contribution in [1.82, 2.24) is 14.9 Å². The van der Waals surface area contributed by atoms with Gasteiger partial charge in [0.25, 0.3) is 0 Å². The zero-order valence-electron chi connectivity index (χ0n) is 20.4. The Labute approximate surface area is 217 Å². The molecule has 200 valence electrons. The van der Waals surface area contributed by atoms with E-state index >= 15 is 0 Å². The summed E-state index contributed by atoms with van der Waals surface area (Å²) in [7, 11) is 0. The highest BCUT2D eigenvalue weighted by Gasteiger charge is 2.37. The molecule has 0 aliphatic carbocycles. The first-order valence-electron chi connectivity index (χ1n) is 12.0. The minimum Gasteiger partial charge on any atom is -0.465 e. The molecule has 0 radical (unpaired) electrons. The van der Waals surface area contributed by atoms with E-state index in [-0.39, 0.29) is 24.5 Å². The summed E-state index contributed by atoms with van der Waals surface area (Å²) in [5.41, 5.74) is 6.27. The van der Waals surface area contributed by atoms with Crippen LogP contribution in [0.25, 0.3) is 0 Å². The van der Waals surface area contributed by atoms with Gasteiger partial charge in [0.15, 0.2) is 0 Å². The molecule has 1 fully saturated rings. The SMILES string of the molecule is NC(=O)CC(Cc1ccccc1)c1nc(Nc2ccc(N3CCN(C(=O)O)CC3)cc2)ncc1C(F)(F)F. The number of nitrogens with one attached hydrogen (secondary N) is 1. The minimum atomic E-state index is -4.72. The molecule has 2 amide bonds. The summed E-state index contributed by atoms with van der Waals surface area (Å²) < 4.78 is 41.6. The van der Waals surface area contributed by atoms with Crippen molar-refractivity contribution in [2.24, 2.45) is 5.73 Å². The number of alkyl halides is 3. The summed E-state index contributed by atoms with van der Waals surface area (Å²) in [6.07, 6.45) is -5.10. The van der Waals surface area contributed by atoms with E-state index in [4.69, 9.17) is 10.8 Å². The fourth-order valence-corrected chi connectivity index (χ4v) is 4.43. The van der Waals surface area contributed by atoms with Gasteiger partial charge in [-0.15, -0.1) is 0 Å². The van der Waals surface area contributed by atoms with Gasteiger partial charge >= 0.3 is 12.3 Å². The van der Waals surface area contributed by atoms with E-state index in [1.54, 1.807) is 42.5 Å². The van der Waals surface area contributed by atoms with Gasteiger partial charge in [-0.3, -0.25) is 4.79 Å². The molecule has 4 N–H and O–H groups in total. The Morgan fingerprint density at radius 3 is 2.26 bits per heavy atom. The number of nitrogens with zero attached hydrogens (tertiary/aromatic N) is 4. The number of anilines is 3. The van der Waals surface area contributed by atoms with E-state index < -0.39 is 29.7 Å². The lowest BCUT2D eigenvalue weighted by Gasteiger charge is -2.34. The predicted octanol–water partition coefficient (Wildman–Crippen LogP) is 4.24. The number of carbonyl (C=O) groups is 2. The molecule has 2 heterocycles. The predicted molar refractivity (Wildman–Crippen MR) is 135 cm³/mol. The second kappa shape index (κ2) is 11.4. The number of rotatable bonds is 8. The Hall–Kier alpha value is -4.35. The van der Waals surface area contributed by atoms with Gasteiger partial charge in [-0.25, -0.2) is 14.8 Å². The lowest BCUT2D eigenvalue weighted by Crippen LogP contribution is -2.48. The summed E-state index contributed by atoms with van der Waals surface area (Å²) in [5.74, 6) is -1.67. The molecule has 1 aliphatic heterocycles. The van der Waals surface area contributed by atoms with Crippen LogP contribution in [0.4, 0.5) is 35.3 Å². The number of hydrogen-bond acceptors (Lipinski definition) is 6. The molecule has 9 nitrogen and oxygen atoms in total. The number of hydrogen-bond donors (Lipinski definition) is 3. The van der Waals surface area contributed by atoms with E-state index in [0.717, 1.165) is 17.4 Å². The van der Waals surface area contributed by atoms with Crippen molar-refractivity contribution in [1.29, 1.82) is 0 Å². The molecule has 12 heteroatoms. The van der Waals surface area contributed by atoms with Gasteiger partial charge in [-0.1, -0.05) is 30.3 Å². The average molecular weight is 529 g/mol. The minimum absolute atomic E-state index is 0.0432. The smallest absolute Gasteiger partial charge is 0.419 e. The van der Waals surface area contributed by atoms with Crippen LogP contribution in [0.5, 0.6) is 0 Å². The molecule has 1 atom stereocenters. The lowest BCUT2D eigenvalue weighted by molar-refractivity contribution is -0.139. The average Bonchev–Trinajstić information content (AvgIpc) is 2.88. The van der Waals surface area contributed by atoms with E-state index in [2.05, 4.69) is 15.3 Å². The van der Waals surface area contributed by atoms with Gasteiger partial charge in [0.05, 0.1) is 11.3 Å². The summed E-state index contributed by atoms with van der Waals surface area (Å²) in [6, 6.07) is 16.0. The van der Waals surface area contributed by atoms with Crippen LogP contribution >= 0.6 is 0 Å². The maximum Gasteiger partial charge on any atom is 0.419 e. The Morgan fingerprint density at radius 1 is 1.03 bits per heavy atom. The van der Waals surface area contributed by atoms with Crippen LogP contribution in [0.15, 0.2) is 60.8 Å². The highest BCUT2D eigenvalue weighted by molar-refractivity contribution is 5.75. The van der Waals surface area contributed by atoms with Crippen molar-refractivity contribution in [2.75, 3.05) is 36.4 Å². The van der Waals surface area contributed by atoms with Crippen LogP contribution in [0.2, 0.25) is 0 Å². The first-order valence-corrected chi connectivity index (χ1v) is 12.0. The van der Waals surface area contributed by atoms with Crippen molar-refractivity contribution in [3.8, 4) is 0 Å². The number of nitrogens with two attached hydrogens (primary N) is 1. The van der Waals surface area contributed by atoms with Crippen LogP contribution in [-0.2, 0) is 17.4 Å². The Bertz CT molecular complexity index is 1260. The third-order valence-electron chi connectivity index (χ3n) is 6.32. The van der Waals surface area contributed by atoms with E-state index in [0.29, 0.717) is 31.9 Å². The second-order valence-electron chi connectivity index (χ2n) is 8.98. The number of carboxylic acid groups (broad SMARTS) is 1. The number of aromatic nitrogens is 2. The van der Waals surface area contributed by atoms with Gasteiger partial charge < -0.3 is 26.0 Å². The normalized spacial score (nSPS) is 14.7. The van der Waals surface area contributed by atoms with Gasteiger partial charge in [0.1, 0.15) is 0 Å². The van der Waals surface area contributed by atoms with Crippen molar-refractivity contribution < 1.29 is 27.9 Å². The maximum absolute atomic E-state index is 13.9. The van der Waals surface area contributed by atoms with Crippen molar-refractivity contribution in [3.05, 3.63) is 77.6 Å². The first-order chi connectivity index (χ1) is 18.1. The molecule has 1 aromatic heterocycles. The highest BCUT2D eigenvalue weighted by Crippen LogP contribution is 2.37. The molecular formula is C26H27F3N6O3. The van der Waals surface area contributed by atoms with E-state index in [9.17, 15) is 22.8 Å². The molecule has 0 bridgehead atoms. The summed E-state index contributed by atoms with van der Waals surface area (Å²) >= 11 is 0. The fraction of sp³-hybridized carbons (Fsp3) is 0.308. The Kier molecular flexibility index (Phi) is 7.99. The third-order valence-corrected chi connectivity index (χ3v) is 6.32. The second-order valence-corrected chi connectivity index (χ2v) is 8.98. The molecule has 1 unspecified atom stereocenters. The van der Waals surface area contributed by atoms with Crippen LogP contribution in [0, 0.1) is 0 Å². The summed E-state index contributed by atoms with van der Waals surface area (Å²) in [4.78, 5) is 34.4.